The monoisotopic (exact) mass is 232 g/mol. The molecule has 3 nitrogen and oxygen atoms in total. The van der Waals surface area contributed by atoms with Crippen LogP contribution < -0.4 is 4.68 Å². The molecular formula is C15H10N3+. The fourth-order valence-corrected chi connectivity index (χ4v) is 2.66. The van der Waals surface area contributed by atoms with Gasteiger partial charge in [-0.2, -0.15) is 0 Å². The van der Waals surface area contributed by atoms with Gasteiger partial charge in [-0.15, -0.1) is 9.36 Å². The van der Waals surface area contributed by atoms with Crippen LogP contribution in [-0.4, -0.2) is 4.68 Å². The Kier molecular flexibility index (Phi) is 1.68. The quantitative estimate of drug-likeness (QED) is 0.327. The molecule has 1 aromatic heterocycles. The topological polar surface area (TPSA) is 13.2 Å². The highest BCUT2D eigenvalue weighted by Crippen LogP contribution is 2.27. The molecule has 2 aromatic carbocycles. The number of fused-ring (bicyclic) bond motifs is 5. The molecule has 0 unspecified atom stereocenters. The zero-order valence-electron chi connectivity index (χ0n) is 9.67. The Morgan fingerprint density at radius 1 is 1.17 bits per heavy atom. The molecule has 0 saturated heterocycles. The molecule has 0 saturated carbocycles. The van der Waals surface area contributed by atoms with Gasteiger partial charge in [-0.3, -0.25) is 0 Å². The molecular weight excluding hydrogens is 222 g/mol. The van der Waals surface area contributed by atoms with Crippen molar-refractivity contribution in [3.05, 3.63) is 65.6 Å². The van der Waals surface area contributed by atoms with E-state index in [4.69, 9.17) is 6.57 Å². The fourth-order valence-electron chi connectivity index (χ4n) is 2.66. The van der Waals surface area contributed by atoms with Crippen molar-refractivity contribution in [1.29, 1.82) is 0 Å². The number of hydrogen-bond acceptors (Lipinski definition) is 0. The van der Waals surface area contributed by atoms with Gasteiger partial charge in [0.2, 0.25) is 6.20 Å². The predicted octanol–water partition coefficient (Wildman–Crippen LogP) is 2.83. The third-order valence-corrected chi connectivity index (χ3v) is 3.47. The highest BCUT2D eigenvalue weighted by molar-refractivity contribution is 5.83. The van der Waals surface area contributed by atoms with Crippen molar-refractivity contribution in [2.45, 2.75) is 6.54 Å². The Morgan fingerprint density at radius 2 is 2.06 bits per heavy atom. The molecule has 0 spiro atoms. The SMILES string of the molecule is [C-]#[N+]c1ccc2c[n+]3n(c2c1)-c1ccccc1C3. The third-order valence-electron chi connectivity index (χ3n) is 3.47. The van der Waals surface area contributed by atoms with Crippen LogP contribution in [0.15, 0.2) is 48.7 Å². The van der Waals surface area contributed by atoms with Crippen LogP contribution in [-0.2, 0) is 6.54 Å². The van der Waals surface area contributed by atoms with E-state index < -0.39 is 0 Å². The Bertz CT molecular complexity index is 821. The lowest BCUT2D eigenvalue weighted by Gasteiger charge is -1.97. The molecule has 3 heteroatoms. The fraction of sp³-hybridized carbons (Fsp3) is 0.0667. The molecule has 0 bridgehead atoms. The van der Waals surface area contributed by atoms with Gasteiger partial charge in [0, 0.05) is 5.56 Å². The summed E-state index contributed by atoms with van der Waals surface area (Å²) in [4.78, 5) is 3.51. The van der Waals surface area contributed by atoms with Crippen LogP contribution in [0.2, 0.25) is 0 Å². The van der Waals surface area contributed by atoms with E-state index in [9.17, 15) is 0 Å². The van der Waals surface area contributed by atoms with Gasteiger partial charge in [0.25, 0.3) is 0 Å². The molecule has 0 aliphatic carbocycles. The summed E-state index contributed by atoms with van der Waals surface area (Å²) >= 11 is 0. The summed E-state index contributed by atoms with van der Waals surface area (Å²) in [5.74, 6) is 0. The summed E-state index contributed by atoms with van der Waals surface area (Å²) in [6.07, 6.45) is 2.14. The van der Waals surface area contributed by atoms with Gasteiger partial charge >= 0.3 is 0 Å². The summed E-state index contributed by atoms with van der Waals surface area (Å²) in [5, 5.41) is 1.18. The standard InChI is InChI=1S/C15H10N3/c1-16-13-7-6-12-10-17-9-11-4-2-3-5-14(11)18(17)15(12)8-13/h2-8,10H,9H2/q+1. The number of hydrogen-bond donors (Lipinski definition) is 0. The van der Waals surface area contributed by atoms with Crippen molar-refractivity contribution in [2.24, 2.45) is 0 Å². The number of rotatable bonds is 0. The molecule has 0 N–H and O–H groups in total. The summed E-state index contributed by atoms with van der Waals surface area (Å²) in [6.45, 7) is 8.02. The molecule has 4 rings (SSSR count). The van der Waals surface area contributed by atoms with Crippen molar-refractivity contribution < 1.29 is 4.68 Å². The number of nitrogens with zero attached hydrogens (tertiary/aromatic N) is 3. The largest absolute Gasteiger partial charge is 0.238 e. The van der Waals surface area contributed by atoms with E-state index >= 15 is 0 Å². The second-order valence-corrected chi connectivity index (χ2v) is 4.52. The van der Waals surface area contributed by atoms with Crippen molar-refractivity contribution in [3.8, 4) is 5.69 Å². The highest BCUT2D eigenvalue weighted by atomic mass is 15.4. The Hall–Kier alpha value is -2.60. The first-order valence-corrected chi connectivity index (χ1v) is 5.88. The first-order chi connectivity index (χ1) is 8.86. The van der Waals surface area contributed by atoms with Gasteiger partial charge in [0.15, 0.2) is 12.2 Å². The summed E-state index contributed by atoms with van der Waals surface area (Å²) in [6, 6.07) is 14.3. The van der Waals surface area contributed by atoms with Crippen LogP contribution >= 0.6 is 0 Å². The van der Waals surface area contributed by atoms with E-state index in [-0.39, 0.29) is 0 Å². The second kappa shape index (κ2) is 3.21. The first kappa shape index (κ1) is 9.43. The van der Waals surface area contributed by atoms with E-state index in [0.29, 0.717) is 5.69 Å². The third kappa shape index (κ3) is 1.09. The minimum Gasteiger partial charge on any atom is -0.238 e. The van der Waals surface area contributed by atoms with Crippen molar-refractivity contribution in [1.82, 2.24) is 4.68 Å². The summed E-state index contributed by atoms with van der Waals surface area (Å²) < 4.78 is 4.39. The highest BCUT2D eigenvalue weighted by Gasteiger charge is 2.27. The van der Waals surface area contributed by atoms with E-state index in [1.807, 2.05) is 18.2 Å². The van der Waals surface area contributed by atoms with Gasteiger partial charge in [-0.1, -0.05) is 30.3 Å². The van der Waals surface area contributed by atoms with Crippen molar-refractivity contribution in [2.75, 3.05) is 0 Å². The minimum atomic E-state index is 0.688. The van der Waals surface area contributed by atoms with Crippen LogP contribution in [0.3, 0.4) is 0 Å². The molecule has 2 heterocycles. The zero-order chi connectivity index (χ0) is 12.1. The molecule has 3 aromatic rings. The van der Waals surface area contributed by atoms with Crippen molar-refractivity contribution >= 4 is 16.6 Å². The van der Waals surface area contributed by atoms with Gasteiger partial charge < -0.3 is 0 Å². The van der Waals surface area contributed by atoms with Crippen LogP contribution in [0, 0.1) is 6.57 Å². The Labute approximate surface area is 104 Å². The molecule has 1 aliphatic heterocycles. The molecule has 0 atom stereocenters. The Balaban J connectivity index is 2.11. The van der Waals surface area contributed by atoms with E-state index in [2.05, 4.69) is 44.7 Å². The number of benzene rings is 2. The summed E-state index contributed by atoms with van der Waals surface area (Å²) in [7, 11) is 0. The van der Waals surface area contributed by atoms with Gasteiger partial charge in [-0.25, -0.2) is 4.85 Å². The molecule has 0 fully saturated rings. The lowest BCUT2D eigenvalue weighted by Crippen LogP contribution is -2.36. The summed E-state index contributed by atoms with van der Waals surface area (Å²) in [5.41, 5.74) is 4.34. The predicted molar refractivity (Wildman–Crippen MR) is 68.8 cm³/mol. The Morgan fingerprint density at radius 3 is 2.94 bits per heavy atom. The first-order valence-electron chi connectivity index (χ1n) is 5.88. The molecule has 0 radical (unpaired) electrons. The molecule has 18 heavy (non-hydrogen) atoms. The maximum atomic E-state index is 7.12. The van der Waals surface area contributed by atoms with E-state index in [1.165, 1.54) is 16.6 Å². The average Bonchev–Trinajstić information content (AvgIpc) is 2.93. The van der Waals surface area contributed by atoms with Gasteiger partial charge in [0.05, 0.1) is 12.0 Å². The zero-order valence-corrected chi connectivity index (χ0v) is 9.67. The van der Waals surface area contributed by atoms with Crippen LogP contribution in [0.4, 0.5) is 5.69 Å². The molecule has 0 amide bonds. The smallest absolute Gasteiger partial charge is 0.204 e. The molecule has 84 valence electrons. The van der Waals surface area contributed by atoms with Crippen LogP contribution in [0.25, 0.3) is 21.4 Å². The second-order valence-electron chi connectivity index (χ2n) is 4.52. The van der Waals surface area contributed by atoms with Gasteiger partial charge in [0.1, 0.15) is 11.2 Å². The van der Waals surface area contributed by atoms with Crippen LogP contribution in [0.5, 0.6) is 0 Å². The lowest BCUT2D eigenvalue weighted by atomic mass is 10.1. The molecule has 1 aliphatic rings. The minimum absolute atomic E-state index is 0.688. The van der Waals surface area contributed by atoms with Gasteiger partial charge in [-0.05, 0) is 12.1 Å². The number of aromatic nitrogens is 2. The lowest BCUT2D eigenvalue weighted by molar-refractivity contribution is -0.749. The average molecular weight is 232 g/mol. The van der Waals surface area contributed by atoms with E-state index in [0.717, 1.165) is 12.1 Å². The maximum absolute atomic E-state index is 7.12. The number of para-hydroxylation sites is 1. The van der Waals surface area contributed by atoms with Crippen LogP contribution in [0.1, 0.15) is 5.56 Å². The maximum Gasteiger partial charge on any atom is 0.204 e. The van der Waals surface area contributed by atoms with E-state index in [1.54, 1.807) is 0 Å². The normalized spacial score (nSPS) is 12.2. The van der Waals surface area contributed by atoms with Crippen molar-refractivity contribution in [3.63, 3.8) is 0 Å².